The molecule has 0 fully saturated rings. The smallest absolute Gasteiger partial charge is 0.349 e. The summed E-state index contributed by atoms with van der Waals surface area (Å²) >= 11 is 0. The van der Waals surface area contributed by atoms with Gasteiger partial charge in [-0.3, -0.25) is 0 Å². The molecular weight excluding hydrogens is 232 g/mol. The van der Waals surface area contributed by atoms with Crippen molar-refractivity contribution in [2.24, 2.45) is 5.92 Å². The number of hydrogen-bond donors (Lipinski definition) is 0. The molecule has 1 aliphatic heterocycles. The molecule has 0 bridgehead atoms. The van der Waals surface area contributed by atoms with Crippen molar-refractivity contribution in [2.45, 2.75) is 33.5 Å². The maximum absolute atomic E-state index is 12.0. The van der Waals surface area contributed by atoms with Gasteiger partial charge in [-0.05, 0) is 18.1 Å². The summed E-state index contributed by atoms with van der Waals surface area (Å²) in [6.07, 6.45) is 0. The van der Waals surface area contributed by atoms with Crippen LogP contribution in [0.4, 0.5) is 0 Å². The Hall–Kier alpha value is -1.71. The maximum atomic E-state index is 12.0. The first-order valence-corrected chi connectivity index (χ1v) is 6.07. The molecule has 0 N–H and O–H groups in total. The molecule has 2 rings (SSSR count). The van der Waals surface area contributed by atoms with E-state index in [2.05, 4.69) is 0 Å². The first-order chi connectivity index (χ1) is 8.39. The second-order valence-electron chi connectivity index (χ2n) is 5.23. The fourth-order valence-electron chi connectivity index (χ4n) is 1.73. The van der Waals surface area contributed by atoms with Gasteiger partial charge in [-0.2, -0.15) is 0 Å². The molecule has 0 saturated heterocycles. The van der Waals surface area contributed by atoms with E-state index in [0.717, 1.165) is 0 Å². The lowest BCUT2D eigenvalue weighted by molar-refractivity contribution is -0.127. The zero-order valence-corrected chi connectivity index (χ0v) is 11.1. The second-order valence-corrected chi connectivity index (χ2v) is 5.23. The van der Waals surface area contributed by atoms with E-state index < -0.39 is 11.8 Å². The van der Waals surface area contributed by atoms with Crippen LogP contribution in [0.2, 0.25) is 0 Å². The fraction of sp³-hybridized carbons (Fsp3) is 0.500. The van der Waals surface area contributed by atoms with Gasteiger partial charge in [-0.15, -0.1) is 0 Å². The van der Waals surface area contributed by atoms with E-state index in [1.165, 1.54) is 0 Å². The summed E-state index contributed by atoms with van der Waals surface area (Å²) in [6, 6.07) is 5.31. The van der Waals surface area contributed by atoms with Gasteiger partial charge in [0.1, 0.15) is 17.1 Å². The minimum absolute atomic E-state index is 0.373. The largest absolute Gasteiger partial charge is 0.492 e. The third-order valence-corrected chi connectivity index (χ3v) is 2.46. The van der Waals surface area contributed by atoms with E-state index in [4.69, 9.17) is 14.2 Å². The average molecular weight is 250 g/mol. The zero-order valence-electron chi connectivity index (χ0n) is 11.1. The molecule has 1 aromatic rings. The van der Waals surface area contributed by atoms with Gasteiger partial charge in [0.25, 0.3) is 0 Å². The molecule has 18 heavy (non-hydrogen) atoms. The summed E-state index contributed by atoms with van der Waals surface area (Å²) in [6.45, 7) is 8.05. The Morgan fingerprint density at radius 3 is 2.67 bits per heavy atom. The number of rotatable bonds is 3. The summed E-state index contributed by atoms with van der Waals surface area (Å²) in [5.41, 5.74) is 0.373. The minimum Gasteiger partial charge on any atom is -0.492 e. The molecule has 0 saturated carbocycles. The highest BCUT2D eigenvalue weighted by Crippen LogP contribution is 2.36. The highest BCUT2D eigenvalue weighted by molar-refractivity contribution is 5.96. The van der Waals surface area contributed by atoms with Crippen molar-refractivity contribution in [1.29, 1.82) is 0 Å². The van der Waals surface area contributed by atoms with Crippen LogP contribution in [0.5, 0.6) is 11.5 Å². The number of carbonyl (C=O) groups excluding carboxylic acids is 1. The molecular formula is C14H18O4. The lowest BCUT2D eigenvalue weighted by Gasteiger charge is -2.32. The van der Waals surface area contributed by atoms with Crippen molar-refractivity contribution in [3.05, 3.63) is 23.8 Å². The number of fused-ring (bicyclic) bond motifs is 1. The Labute approximate surface area is 107 Å². The van der Waals surface area contributed by atoms with Gasteiger partial charge >= 0.3 is 5.97 Å². The SMILES string of the molecule is CC(C)COc1cccc2c1C(=O)OC(C)(C)O2. The first kappa shape index (κ1) is 12.7. The van der Waals surface area contributed by atoms with Crippen molar-refractivity contribution < 1.29 is 19.0 Å². The van der Waals surface area contributed by atoms with Crippen LogP contribution in [0.15, 0.2) is 18.2 Å². The van der Waals surface area contributed by atoms with E-state index in [0.29, 0.717) is 29.6 Å². The van der Waals surface area contributed by atoms with Crippen LogP contribution >= 0.6 is 0 Å². The first-order valence-electron chi connectivity index (χ1n) is 6.07. The second kappa shape index (κ2) is 4.52. The van der Waals surface area contributed by atoms with Gasteiger partial charge in [0.05, 0.1) is 6.61 Å². The number of esters is 1. The summed E-state index contributed by atoms with van der Waals surface area (Å²) < 4.78 is 16.4. The molecule has 0 aliphatic carbocycles. The summed E-state index contributed by atoms with van der Waals surface area (Å²) in [5.74, 6) is 0.0819. The average Bonchev–Trinajstić information content (AvgIpc) is 2.23. The number of carbonyl (C=O) groups is 1. The number of ether oxygens (including phenoxy) is 3. The predicted molar refractivity (Wildman–Crippen MR) is 66.9 cm³/mol. The van der Waals surface area contributed by atoms with Gasteiger partial charge in [-0.1, -0.05) is 19.9 Å². The third kappa shape index (κ3) is 2.58. The predicted octanol–water partition coefficient (Wildman–Crippen LogP) is 3.01. The quantitative estimate of drug-likeness (QED) is 0.773. The van der Waals surface area contributed by atoms with Crippen LogP contribution in [-0.2, 0) is 4.74 Å². The lowest BCUT2D eigenvalue weighted by Crippen LogP contribution is -2.39. The van der Waals surface area contributed by atoms with Crippen molar-refractivity contribution in [3.63, 3.8) is 0 Å². The highest BCUT2D eigenvalue weighted by Gasteiger charge is 2.36. The van der Waals surface area contributed by atoms with E-state index in [1.54, 1.807) is 26.0 Å². The topological polar surface area (TPSA) is 44.8 Å². The lowest BCUT2D eigenvalue weighted by atomic mass is 10.1. The molecule has 1 heterocycles. The summed E-state index contributed by atoms with van der Waals surface area (Å²) in [4.78, 5) is 12.0. The zero-order chi connectivity index (χ0) is 13.3. The van der Waals surface area contributed by atoms with Crippen LogP contribution < -0.4 is 9.47 Å². The minimum atomic E-state index is -0.930. The van der Waals surface area contributed by atoms with Gasteiger partial charge in [0, 0.05) is 13.8 Å². The number of hydrogen-bond acceptors (Lipinski definition) is 4. The van der Waals surface area contributed by atoms with E-state index >= 15 is 0 Å². The Bertz CT molecular complexity index is 463. The molecule has 4 heteroatoms. The molecule has 98 valence electrons. The van der Waals surface area contributed by atoms with E-state index in [-0.39, 0.29) is 0 Å². The molecule has 1 aliphatic rings. The molecule has 0 radical (unpaired) electrons. The molecule has 0 spiro atoms. The molecule has 0 amide bonds. The van der Waals surface area contributed by atoms with Crippen LogP contribution in [0.1, 0.15) is 38.1 Å². The third-order valence-electron chi connectivity index (χ3n) is 2.46. The Kier molecular flexibility index (Phi) is 3.20. The van der Waals surface area contributed by atoms with Crippen molar-refractivity contribution in [3.8, 4) is 11.5 Å². The molecule has 4 nitrogen and oxygen atoms in total. The Morgan fingerprint density at radius 1 is 1.28 bits per heavy atom. The van der Waals surface area contributed by atoms with E-state index in [9.17, 15) is 4.79 Å². The molecule has 0 atom stereocenters. The van der Waals surface area contributed by atoms with Crippen LogP contribution in [-0.4, -0.2) is 18.4 Å². The van der Waals surface area contributed by atoms with Crippen molar-refractivity contribution in [2.75, 3.05) is 6.61 Å². The summed E-state index contributed by atoms with van der Waals surface area (Å²) in [7, 11) is 0. The van der Waals surface area contributed by atoms with Gasteiger partial charge in [0.15, 0.2) is 0 Å². The Balaban J connectivity index is 2.33. The molecule has 0 unspecified atom stereocenters. The molecule has 0 aromatic heterocycles. The van der Waals surface area contributed by atoms with Crippen molar-refractivity contribution in [1.82, 2.24) is 0 Å². The summed E-state index contributed by atoms with van der Waals surface area (Å²) in [5, 5.41) is 0. The highest BCUT2D eigenvalue weighted by atomic mass is 16.7. The number of cyclic esters (lactones) is 1. The number of benzene rings is 1. The maximum Gasteiger partial charge on any atom is 0.349 e. The van der Waals surface area contributed by atoms with Crippen LogP contribution in [0, 0.1) is 5.92 Å². The van der Waals surface area contributed by atoms with Crippen molar-refractivity contribution >= 4 is 5.97 Å². The van der Waals surface area contributed by atoms with Crippen LogP contribution in [0.3, 0.4) is 0 Å². The normalized spacial score (nSPS) is 16.8. The Morgan fingerprint density at radius 2 is 2.00 bits per heavy atom. The van der Waals surface area contributed by atoms with Gasteiger partial charge < -0.3 is 14.2 Å². The van der Waals surface area contributed by atoms with Crippen LogP contribution in [0.25, 0.3) is 0 Å². The van der Waals surface area contributed by atoms with E-state index in [1.807, 2.05) is 19.9 Å². The van der Waals surface area contributed by atoms with Gasteiger partial charge in [0.2, 0.25) is 5.79 Å². The monoisotopic (exact) mass is 250 g/mol. The van der Waals surface area contributed by atoms with Gasteiger partial charge in [-0.25, -0.2) is 4.79 Å². The standard InChI is InChI=1S/C14H18O4/c1-9(2)8-16-10-6-5-7-11-12(10)13(15)18-14(3,4)17-11/h5-7,9H,8H2,1-4H3. The molecule has 1 aromatic carbocycles. The fourth-order valence-corrected chi connectivity index (χ4v) is 1.73.